The summed E-state index contributed by atoms with van der Waals surface area (Å²) >= 11 is 11.9. The number of nitrogens with one attached hydrogen (secondary N) is 5. The first-order chi connectivity index (χ1) is 41.7. The summed E-state index contributed by atoms with van der Waals surface area (Å²) in [4.78, 5) is 73.8. The van der Waals surface area contributed by atoms with E-state index in [1.807, 2.05) is 38.1 Å². The number of H-pyrrole nitrogens is 3. The van der Waals surface area contributed by atoms with Crippen molar-refractivity contribution in [1.29, 1.82) is 0 Å². The Kier molecular flexibility index (Phi) is 19.3. The highest BCUT2D eigenvalue weighted by molar-refractivity contribution is 6.31. The predicted octanol–water partition coefficient (Wildman–Crippen LogP) is 16.4. The Morgan fingerprint density at radius 3 is 1.41 bits per heavy atom. The SMILES string of the molecule is CC(C)Oc1ccc(N(C(=O)c2ccc(Cl)cc2)c2cc3ccccc3c(=O)[nH]2)cc1F.CC(C)Oc1ccc(Nc2[nH]c(=O)c3ccccc3c2C(=O)c2ccc(Cl)cc2)cc1F.CC(C)Oc1ccc(Nc2cc3ccccc3c(=O)[nH]2)cc1F. The van der Waals surface area contributed by atoms with Crippen LogP contribution in [0.5, 0.6) is 17.2 Å². The summed E-state index contributed by atoms with van der Waals surface area (Å²) in [6, 6.07) is 50.7. The monoisotopic (exact) mass is 1210 g/mol. The number of anilines is 6. The zero-order chi connectivity index (χ0) is 62.1. The first-order valence-corrected chi connectivity index (χ1v) is 28.2. The number of ketones is 1. The van der Waals surface area contributed by atoms with Gasteiger partial charge in [-0.15, -0.1) is 0 Å². The molecule has 87 heavy (non-hydrogen) atoms. The van der Waals surface area contributed by atoms with Crippen LogP contribution in [-0.4, -0.2) is 45.0 Å². The second-order valence-electron chi connectivity index (χ2n) is 20.6. The topological polar surface area (TPSA) is 188 Å². The van der Waals surface area contributed by atoms with Crippen molar-refractivity contribution in [2.45, 2.75) is 59.9 Å². The van der Waals surface area contributed by atoms with Crippen LogP contribution in [0.1, 0.15) is 67.8 Å². The fraction of sp³-hybridized carbons (Fsp3) is 0.132. The fourth-order valence-electron chi connectivity index (χ4n) is 9.17. The summed E-state index contributed by atoms with van der Waals surface area (Å²) < 4.78 is 59.6. The summed E-state index contributed by atoms with van der Waals surface area (Å²) in [5.74, 6) is -1.09. The van der Waals surface area contributed by atoms with Crippen LogP contribution < -0.4 is 46.4 Å². The highest BCUT2D eigenvalue weighted by atomic mass is 35.5. The van der Waals surface area contributed by atoms with Crippen LogP contribution in [0.2, 0.25) is 10.0 Å². The van der Waals surface area contributed by atoms with Crippen molar-refractivity contribution >= 4 is 102 Å². The van der Waals surface area contributed by atoms with E-state index in [4.69, 9.17) is 37.4 Å². The molecule has 0 aliphatic rings. The van der Waals surface area contributed by atoms with Gasteiger partial charge in [-0.3, -0.25) is 28.9 Å². The van der Waals surface area contributed by atoms with E-state index in [0.717, 1.165) is 5.39 Å². The number of rotatable bonds is 15. The van der Waals surface area contributed by atoms with Crippen molar-refractivity contribution < 1.29 is 37.0 Å². The van der Waals surface area contributed by atoms with Gasteiger partial charge in [0.25, 0.3) is 22.6 Å². The second kappa shape index (κ2) is 27.3. The number of aromatic nitrogens is 3. The van der Waals surface area contributed by atoms with Crippen molar-refractivity contribution in [2.24, 2.45) is 0 Å². The Morgan fingerprint density at radius 2 is 0.897 bits per heavy atom. The number of pyridine rings is 3. The Hall–Kier alpha value is -10.1. The maximum atomic E-state index is 14.8. The van der Waals surface area contributed by atoms with Gasteiger partial charge >= 0.3 is 0 Å². The molecule has 0 spiro atoms. The average molecular weight is 1210 g/mol. The number of nitrogens with zero attached hydrogens (tertiary/aromatic N) is 1. The molecule has 11 rings (SSSR count). The van der Waals surface area contributed by atoms with Crippen LogP contribution in [0.15, 0.2) is 202 Å². The molecule has 442 valence electrons. The highest BCUT2D eigenvalue weighted by Gasteiger charge is 2.24. The minimum atomic E-state index is -0.617. The van der Waals surface area contributed by atoms with Crippen molar-refractivity contribution in [1.82, 2.24) is 15.0 Å². The average Bonchev–Trinajstić information content (AvgIpc) is 1.10. The molecule has 0 saturated carbocycles. The van der Waals surface area contributed by atoms with E-state index in [-0.39, 0.29) is 80.9 Å². The fourth-order valence-corrected chi connectivity index (χ4v) is 9.42. The summed E-state index contributed by atoms with van der Waals surface area (Å²) in [6.45, 7) is 10.9. The molecule has 8 aromatic carbocycles. The molecule has 11 aromatic rings. The van der Waals surface area contributed by atoms with Crippen LogP contribution in [0.25, 0.3) is 32.3 Å². The Balaban J connectivity index is 0.000000158. The molecule has 3 heterocycles. The summed E-state index contributed by atoms with van der Waals surface area (Å²) in [7, 11) is 0. The van der Waals surface area contributed by atoms with Gasteiger partial charge in [-0.05, 0) is 168 Å². The lowest BCUT2D eigenvalue weighted by Gasteiger charge is -2.24. The van der Waals surface area contributed by atoms with Crippen LogP contribution >= 0.6 is 23.2 Å². The molecular weight excluding hydrogens is 1160 g/mol. The molecule has 3 aromatic heterocycles. The second-order valence-corrected chi connectivity index (χ2v) is 21.4. The van der Waals surface area contributed by atoms with Gasteiger partial charge in [0, 0.05) is 72.3 Å². The van der Waals surface area contributed by atoms with Gasteiger partial charge in [0.2, 0.25) is 0 Å². The zero-order valence-electron chi connectivity index (χ0n) is 47.7. The number of fused-ring (bicyclic) bond motifs is 3. The number of aromatic amines is 3. The van der Waals surface area contributed by atoms with E-state index >= 15 is 0 Å². The third-order valence-electron chi connectivity index (χ3n) is 13.0. The van der Waals surface area contributed by atoms with E-state index in [1.165, 1.54) is 35.2 Å². The molecule has 14 nitrogen and oxygen atoms in total. The normalized spacial score (nSPS) is 11.0. The summed E-state index contributed by atoms with van der Waals surface area (Å²) in [6.07, 6.45) is -0.483. The zero-order valence-corrected chi connectivity index (χ0v) is 49.2. The van der Waals surface area contributed by atoms with Crippen LogP contribution in [0.4, 0.5) is 47.7 Å². The lowest BCUT2D eigenvalue weighted by Crippen LogP contribution is -2.28. The Morgan fingerprint density at radius 1 is 0.460 bits per heavy atom. The molecule has 0 aliphatic heterocycles. The maximum absolute atomic E-state index is 14.8. The molecule has 0 bridgehead atoms. The minimum Gasteiger partial charge on any atom is -0.488 e. The van der Waals surface area contributed by atoms with Gasteiger partial charge in [0.05, 0.1) is 29.6 Å². The van der Waals surface area contributed by atoms with Gasteiger partial charge in [0.1, 0.15) is 17.5 Å². The Labute approximate surface area is 507 Å². The van der Waals surface area contributed by atoms with Crippen molar-refractivity contribution in [3.8, 4) is 17.2 Å². The van der Waals surface area contributed by atoms with E-state index in [2.05, 4.69) is 25.6 Å². The quantitative estimate of drug-likeness (QED) is 0.0618. The first kappa shape index (κ1) is 61.5. The number of halogens is 5. The molecular formula is C68H57Cl2F3N6O8. The summed E-state index contributed by atoms with van der Waals surface area (Å²) in [5.41, 5.74) is 1.22. The largest absolute Gasteiger partial charge is 0.488 e. The molecule has 19 heteroatoms. The molecule has 0 saturated heterocycles. The number of carbonyl (C=O) groups is 2. The molecule has 0 aliphatic carbocycles. The number of ether oxygens (including phenoxy) is 3. The molecule has 0 fully saturated rings. The van der Waals surface area contributed by atoms with Gasteiger partial charge < -0.3 is 39.8 Å². The summed E-state index contributed by atoms with van der Waals surface area (Å²) in [5, 5.41) is 10.4. The van der Waals surface area contributed by atoms with Gasteiger partial charge in [-0.25, -0.2) is 13.2 Å². The van der Waals surface area contributed by atoms with Gasteiger partial charge in [-0.2, -0.15) is 0 Å². The molecule has 0 radical (unpaired) electrons. The molecule has 5 N–H and O–H groups in total. The Bertz CT molecular complexity index is 4520. The maximum Gasteiger partial charge on any atom is 0.263 e. The van der Waals surface area contributed by atoms with Crippen LogP contribution in [-0.2, 0) is 0 Å². The van der Waals surface area contributed by atoms with E-state index in [0.29, 0.717) is 65.3 Å². The third-order valence-corrected chi connectivity index (χ3v) is 13.5. The van der Waals surface area contributed by atoms with E-state index in [9.17, 15) is 37.1 Å². The van der Waals surface area contributed by atoms with Crippen molar-refractivity contribution in [3.63, 3.8) is 0 Å². The van der Waals surface area contributed by atoms with Crippen LogP contribution in [0.3, 0.4) is 0 Å². The van der Waals surface area contributed by atoms with Crippen molar-refractivity contribution in [2.75, 3.05) is 15.5 Å². The lowest BCUT2D eigenvalue weighted by atomic mass is 9.98. The van der Waals surface area contributed by atoms with E-state index < -0.39 is 23.4 Å². The third kappa shape index (κ3) is 15.1. The number of hydrogen-bond acceptors (Lipinski definition) is 10. The molecule has 1 amide bonds. The number of hydrogen-bond donors (Lipinski definition) is 5. The predicted molar refractivity (Wildman–Crippen MR) is 340 cm³/mol. The number of carbonyl (C=O) groups excluding carboxylic acids is 2. The smallest absolute Gasteiger partial charge is 0.263 e. The minimum absolute atomic E-state index is 0.0784. The van der Waals surface area contributed by atoms with E-state index in [1.54, 1.807) is 161 Å². The van der Waals surface area contributed by atoms with Crippen LogP contribution in [0, 0.1) is 17.5 Å². The highest BCUT2D eigenvalue weighted by Crippen LogP contribution is 2.34. The van der Waals surface area contributed by atoms with Crippen molar-refractivity contribution in [3.05, 3.63) is 263 Å². The number of amides is 1. The first-order valence-electron chi connectivity index (χ1n) is 27.4. The molecule has 0 unspecified atom stereocenters. The number of benzene rings is 8. The van der Waals surface area contributed by atoms with Gasteiger partial charge in [-0.1, -0.05) is 77.8 Å². The lowest BCUT2D eigenvalue weighted by molar-refractivity contribution is 0.0997. The van der Waals surface area contributed by atoms with Gasteiger partial charge in [0.15, 0.2) is 40.5 Å². The molecule has 0 atom stereocenters. The standard InChI is InChI=1S/2C25H20ClFN2O3.C18H17FN2O2/c1-15(2)32-22-12-11-19(14-21(22)27)29(25(31)16-7-9-18(26)10-8-16)23-13-17-5-3-4-6-20(17)24(30)28-23;1-14(2)32-21-12-11-17(13-20(21)27)28-24-22(23(30)15-7-9-16(26)10-8-15)18-5-3-4-6-19(18)25(31)29-24;1-11(2)23-16-8-7-13(10-15(16)19)20-17-9-12-5-3-4-6-14(12)18(22)21-17/h3-15H,1-2H3,(H,28,30);3-14H,1-2H3,(H2,28,29,31);3-11H,1-2H3,(H2,20,21,22).